The van der Waals surface area contributed by atoms with Crippen molar-refractivity contribution in [1.29, 1.82) is 5.26 Å². The maximum absolute atomic E-state index is 14.8. The van der Waals surface area contributed by atoms with Gasteiger partial charge in [-0.3, -0.25) is 24.0 Å². The smallest absolute Gasteiger partial charge is 0.255 e. The SMILES string of the molecule is Cc1nc(-c2ccc3c(c2)CCOC3(C)C)nc(C)c1C(=O)NC(CCN)C(=O)N(C)C1C(=O)NC(C)C(=O)NC(C(=O)NCC#N)Cc2ccc(OCCN)c(c2)-c2cc1ccc2OCCN. The number of amides is 5. The van der Waals surface area contributed by atoms with E-state index in [9.17, 15) is 29.2 Å². The summed E-state index contributed by atoms with van der Waals surface area (Å²) in [5, 5.41) is 20.0. The van der Waals surface area contributed by atoms with E-state index in [1.165, 1.54) is 18.9 Å². The number of benzene rings is 3. The van der Waals surface area contributed by atoms with Gasteiger partial charge in [0, 0.05) is 43.2 Å². The number of nitrogens with two attached hydrogens (primary N) is 3. The second-order valence-electron chi connectivity index (χ2n) is 17.3. The van der Waals surface area contributed by atoms with Gasteiger partial charge in [0.2, 0.25) is 23.6 Å². The Kier molecular flexibility index (Phi) is 16.5. The van der Waals surface area contributed by atoms with Crippen molar-refractivity contribution < 1.29 is 38.2 Å². The van der Waals surface area contributed by atoms with Crippen molar-refractivity contribution in [3.63, 3.8) is 0 Å². The number of aryl methyl sites for hydroxylation is 2. The number of aromatic nitrogens is 2. The first-order valence-electron chi connectivity index (χ1n) is 22.6. The van der Waals surface area contributed by atoms with Gasteiger partial charge in [-0.1, -0.05) is 24.3 Å². The van der Waals surface area contributed by atoms with E-state index in [4.69, 9.17) is 41.4 Å². The van der Waals surface area contributed by atoms with Crippen LogP contribution < -0.4 is 47.9 Å². The molecule has 4 aromatic rings. The molecule has 0 aliphatic carbocycles. The molecule has 6 rings (SSSR count). The van der Waals surface area contributed by atoms with Gasteiger partial charge >= 0.3 is 0 Å². The van der Waals surface area contributed by atoms with E-state index in [-0.39, 0.29) is 57.8 Å². The molecule has 4 bridgehead atoms. The summed E-state index contributed by atoms with van der Waals surface area (Å²) in [5.74, 6) is -2.14. The van der Waals surface area contributed by atoms with E-state index in [0.29, 0.717) is 57.6 Å². The van der Waals surface area contributed by atoms with Crippen LogP contribution in [0.4, 0.5) is 0 Å². The van der Waals surface area contributed by atoms with Crippen molar-refractivity contribution in [1.82, 2.24) is 36.1 Å². The van der Waals surface area contributed by atoms with Gasteiger partial charge in [0.25, 0.3) is 5.91 Å². The summed E-state index contributed by atoms with van der Waals surface area (Å²) in [4.78, 5) is 81.4. The lowest BCUT2D eigenvalue weighted by atomic mass is 9.88. The Hall–Kier alpha value is -6.98. The molecule has 0 fully saturated rings. The molecule has 5 amide bonds. The second kappa shape index (κ2) is 22.2. The number of carbonyl (C=O) groups is 5. The Morgan fingerprint density at radius 2 is 1.59 bits per heavy atom. The Balaban J connectivity index is 1.38. The van der Waals surface area contributed by atoms with Crippen LogP contribution in [-0.2, 0) is 42.4 Å². The monoisotopic (exact) mass is 931 g/mol. The summed E-state index contributed by atoms with van der Waals surface area (Å²) in [6.45, 7) is 9.84. The molecule has 4 unspecified atom stereocenters. The lowest BCUT2D eigenvalue weighted by Gasteiger charge is -2.33. The van der Waals surface area contributed by atoms with E-state index in [1.54, 1.807) is 50.2 Å². The molecule has 2 aliphatic rings. The van der Waals surface area contributed by atoms with Gasteiger partial charge in [-0.15, -0.1) is 0 Å². The minimum absolute atomic E-state index is 0.000610. The van der Waals surface area contributed by atoms with Crippen LogP contribution in [0.5, 0.6) is 11.5 Å². The number of nitrogens with zero attached hydrogens (tertiary/aromatic N) is 4. The number of ether oxygens (including phenoxy) is 3. The molecule has 2 aliphatic heterocycles. The van der Waals surface area contributed by atoms with Crippen LogP contribution in [0.2, 0.25) is 0 Å². The van der Waals surface area contributed by atoms with Crippen LogP contribution in [0.1, 0.15) is 77.2 Å². The first-order valence-corrected chi connectivity index (χ1v) is 22.6. The predicted octanol–water partition coefficient (Wildman–Crippen LogP) is 1.74. The standard InChI is InChI=1S/C49H61N11O8/c1-27-41(28(2)56-43(55-27)33-8-10-36-31(25-33)14-20-68-49(36,4)5)46(63)58-37(13-15-50)48(65)60(6)42-32-9-12-40(67-22-18-53)35(26-32)34-23-30(7-11-39(34)66-21-17-52)24-38(45(62)54-19-16-51)59-44(61)29(3)57-47(42)64/h7-12,23,25-26,29,37-38,42H,13-15,17-22,24,50,52-53H2,1-6H3,(H,54,62)(H,57,64)(H,58,63)(H,59,61). The molecule has 1 aromatic heterocycles. The van der Waals surface area contributed by atoms with Gasteiger partial charge in [-0.25, -0.2) is 9.97 Å². The molecule has 360 valence electrons. The molecule has 19 heteroatoms. The van der Waals surface area contributed by atoms with E-state index in [1.807, 2.05) is 32.0 Å². The van der Waals surface area contributed by atoms with Crippen LogP contribution in [0.3, 0.4) is 0 Å². The molecule has 0 saturated heterocycles. The van der Waals surface area contributed by atoms with Crippen molar-refractivity contribution >= 4 is 29.5 Å². The molecular weight excluding hydrogens is 871 g/mol. The molecule has 0 radical (unpaired) electrons. The second-order valence-corrected chi connectivity index (χ2v) is 17.3. The zero-order valence-electron chi connectivity index (χ0n) is 39.4. The van der Waals surface area contributed by atoms with E-state index >= 15 is 0 Å². The Bertz CT molecular complexity index is 2570. The number of hydrogen-bond donors (Lipinski definition) is 7. The zero-order chi connectivity index (χ0) is 49.3. The highest BCUT2D eigenvalue weighted by Gasteiger charge is 2.37. The minimum Gasteiger partial charge on any atom is -0.492 e. The van der Waals surface area contributed by atoms with Crippen LogP contribution in [0.15, 0.2) is 54.6 Å². The molecular formula is C49H61N11O8. The van der Waals surface area contributed by atoms with Crippen LogP contribution in [0.25, 0.3) is 22.5 Å². The third kappa shape index (κ3) is 11.4. The lowest BCUT2D eigenvalue weighted by molar-refractivity contribution is -0.141. The highest BCUT2D eigenvalue weighted by molar-refractivity contribution is 6.00. The fraction of sp³-hybridized carbons (Fsp3) is 0.429. The summed E-state index contributed by atoms with van der Waals surface area (Å²) >= 11 is 0. The normalized spacial score (nSPS) is 18.0. The first kappa shape index (κ1) is 50.4. The summed E-state index contributed by atoms with van der Waals surface area (Å²) in [6.07, 6.45) is 0.738. The Morgan fingerprint density at radius 1 is 0.926 bits per heavy atom. The van der Waals surface area contributed by atoms with Crippen LogP contribution >= 0.6 is 0 Å². The highest BCUT2D eigenvalue weighted by Crippen LogP contribution is 2.40. The van der Waals surface area contributed by atoms with E-state index < -0.39 is 59.3 Å². The number of rotatable bonds is 15. The summed E-state index contributed by atoms with van der Waals surface area (Å²) in [7, 11) is 1.42. The van der Waals surface area contributed by atoms with Crippen molar-refractivity contribution in [2.45, 2.75) is 83.6 Å². The third-order valence-corrected chi connectivity index (χ3v) is 12.0. The predicted molar refractivity (Wildman–Crippen MR) is 253 cm³/mol. The number of likely N-dealkylation sites (N-methyl/N-ethyl adjacent to an activating group) is 1. The van der Waals surface area contributed by atoms with Crippen molar-refractivity contribution in [3.05, 3.63) is 93.8 Å². The Labute approximate surface area is 395 Å². The van der Waals surface area contributed by atoms with Gasteiger partial charge in [-0.2, -0.15) is 5.26 Å². The van der Waals surface area contributed by atoms with Crippen LogP contribution in [0, 0.1) is 25.2 Å². The number of nitrogens with one attached hydrogen (secondary N) is 4. The number of carbonyl (C=O) groups excluding carboxylic acids is 5. The molecule has 68 heavy (non-hydrogen) atoms. The summed E-state index contributed by atoms with van der Waals surface area (Å²) in [5.41, 5.74) is 23.2. The van der Waals surface area contributed by atoms with Crippen molar-refractivity contribution in [2.24, 2.45) is 17.2 Å². The fourth-order valence-corrected chi connectivity index (χ4v) is 8.55. The van der Waals surface area contributed by atoms with E-state index in [2.05, 4.69) is 27.3 Å². The first-order chi connectivity index (χ1) is 32.5. The van der Waals surface area contributed by atoms with Gasteiger partial charge in [0.05, 0.1) is 35.2 Å². The van der Waals surface area contributed by atoms with Gasteiger partial charge < -0.3 is 57.6 Å². The minimum atomic E-state index is -1.41. The zero-order valence-corrected chi connectivity index (χ0v) is 39.4. The maximum Gasteiger partial charge on any atom is 0.255 e. The topological polar surface area (TPSA) is 292 Å². The van der Waals surface area contributed by atoms with Crippen LogP contribution in [-0.4, -0.2) is 116 Å². The average molecular weight is 932 g/mol. The molecule has 3 heterocycles. The fourth-order valence-electron chi connectivity index (χ4n) is 8.55. The summed E-state index contributed by atoms with van der Waals surface area (Å²) < 4.78 is 18.2. The van der Waals surface area contributed by atoms with E-state index in [0.717, 1.165) is 23.1 Å². The maximum atomic E-state index is 14.8. The van der Waals surface area contributed by atoms with Gasteiger partial charge in [-0.05, 0) is 107 Å². The molecule has 10 N–H and O–H groups in total. The van der Waals surface area contributed by atoms with Gasteiger partial charge in [0.15, 0.2) is 5.82 Å². The molecule has 4 atom stereocenters. The average Bonchev–Trinajstić information content (AvgIpc) is 3.30. The Morgan fingerprint density at radius 3 is 2.24 bits per heavy atom. The largest absolute Gasteiger partial charge is 0.492 e. The van der Waals surface area contributed by atoms with Gasteiger partial charge in [0.1, 0.15) is 55.4 Å². The number of hydrogen-bond acceptors (Lipinski definition) is 14. The number of fused-ring (bicyclic) bond motifs is 6. The molecule has 19 nitrogen and oxygen atoms in total. The molecule has 0 spiro atoms. The quantitative estimate of drug-likeness (QED) is 0.0837. The lowest BCUT2D eigenvalue weighted by Crippen LogP contribution is -2.56. The molecule has 3 aromatic carbocycles. The number of nitriles is 1. The third-order valence-electron chi connectivity index (χ3n) is 12.0. The molecule has 0 saturated carbocycles. The van der Waals surface area contributed by atoms with Crippen molar-refractivity contribution in [2.75, 3.05) is 53.0 Å². The van der Waals surface area contributed by atoms with Crippen molar-refractivity contribution in [3.8, 4) is 40.1 Å². The highest BCUT2D eigenvalue weighted by atomic mass is 16.5. The summed E-state index contributed by atoms with van der Waals surface area (Å²) in [6, 6.07) is 13.0.